The fourth-order valence-corrected chi connectivity index (χ4v) is 7.46. The fourth-order valence-electron chi connectivity index (χ4n) is 6.96. The Morgan fingerprint density at radius 1 is 0.970 bits per heavy atom. The van der Waals surface area contributed by atoms with Gasteiger partial charge in [-0.3, -0.25) is 0 Å². The highest BCUT2D eigenvalue weighted by molar-refractivity contribution is 6.35. The summed E-state index contributed by atoms with van der Waals surface area (Å²) >= 11 is 12.5. The summed E-state index contributed by atoms with van der Waals surface area (Å²) in [5.74, 6) is 4.37. The lowest BCUT2D eigenvalue weighted by Gasteiger charge is -2.59. The van der Waals surface area contributed by atoms with E-state index in [1.165, 1.54) is 44.1 Å². The molecule has 0 spiro atoms. The molecule has 4 aliphatic carbocycles. The van der Waals surface area contributed by atoms with Gasteiger partial charge in [-0.25, -0.2) is 0 Å². The molecule has 33 heavy (non-hydrogen) atoms. The van der Waals surface area contributed by atoms with Crippen molar-refractivity contribution in [2.75, 3.05) is 7.11 Å². The second-order valence-electron chi connectivity index (χ2n) is 10.4. The van der Waals surface area contributed by atoms with Gasteiger partial charge in [-0.2, -0.15) is 0 Å². The third-order valence-corrected chi connectivity index (χ3v) is 8.99. The van der Waals surface area contributed by atoms with Gasteiger partial charge in [-0.05, 0) is 98.4 Å². The van der Waals surface area contributed by atoms with E-state index in [2.05, 4.69) is 24.4 Å². The SMILES string of the molecule is COc1cc(CNC(C)C23CC4CC(CC(C4)C2)C3)ccc1OCc1c(Cl)cccc1Cl.Cl. The first-order valence-electron chi connectivity index (χ1n) is 11.9. The third kappa shape index (κ3) is 5.12. The van der Waals surface area contributed by atoms with Crippen LogP contribution in [0.25, 0.3) is 0 Å². The number of methoxy groups -OCH3 is 1. The van der Waals surface area contributed by atoms with Gasteiger partial charge in [0.1, 0.15) is 6.61 Å². The van der Waals surface area contributed by atoms with E-state index in [0.717, 1.165) is 35.6 Å². The van der Waals surface area contributed by atoms with E-state index in [0.29, 0.717) is 33.9 Å². The van der Waals surface area contributed by atoms with Crippen LogP contribution in [0.5, 0.6) is 11.5 Å². The van der Waals surface area contributed by atoms with Gasteiger partial charge < -0.3 is 14.8 Å². The van der Waals surface area contributed by atoms with Gasteiger partial charge >= 0.3 is 0 Å². The van der Waals surface area contributed by atoms with Crippen LogP contribution in [0.3, 0.4) is 0 Å². The van der Waals surface area contributed by atoms with Crippen LogP contribution in [0.2, 0.25) is 10.0 Å². The summed E-state index contributed by atoms with van der Waals surface area (Å²) in [4.78, 5) is 0. The Hall–Kier alpha value is -1.13. The third-order valence-electron chi connectivity index (χ3n) is 8.28. The van der Waals surface area contributed by atoms with E-state index in [-0.39, 0.29) is 12.4 Å². The Morgan fingerprint density at radius 2 is 1.58 bits per heavy atom. The average Bonchev–Trinajstić information content (AvgIpc) is 2.76. The molecule has 4 saturated carbocycles. The zero-order chi connectivity index (χ0) is 22.3. The zero-order valence-corrected chi connectivity index (χ0v) is 21.7. The molecular formula is C27H34Cl3NO2. The molecule has 6 heteroatoms. The standard InChI is InChI=1S/C27H33Cl2NO2.ClH/c1-17(27-12-19-8-20(13-27)10-21(9-19)14-27)30-15-18-6-7-25(26(11-18)31-2)32-16-22-23(28)4-3-5-24(22)29;/h3-7,11,17,19-21,30H,8-10,12-16H2,1-2H3;1H. The lowest BCUT2D eigenvalue weighted by molar-refractivity contribution is -0.0706. The van der Waals surface area contributed by atoms with Crippen molar-refractivity contribution in [2.45, 2.75) is 64.6 Å². The first-order valence-corrected chi connectivity index (χ1v) is 12.7. The zero-order valence-electron chi connectivity index (χ0n) is 19.4. The van der Waals surface area contributed by atoms with E-state index in [4.69, 9.17) is 32.7 Å². The van der Waals surface area contributed by atoms with E-state index in [9.17, 15) is 0 Å². The normalized spacial score (nSPS) is 28.3. The summed E-state index contributed by atoms with van der Waals surface area (Å²) in [5.41, 5.74) is 2.51. The monoisotopic (exact) mass is 509 g/mol. The predicted molar refractivity (Wildman–Crippen MR) is 138 cm³/mol. The van der Waals surface area contributed by atoms with Gasteiger partial charge in [0.15, 0.2) is 11.5 Å². The number of benzene rings is 2. The summed E-state index contributed by atoms with van der Waals surface area (Å²) in [5, 5.41) is 5.08. The van der Waals surface area contributed by atoms with Gasteiger partial charge in [-0.1, -0.05) is 35.3 Å². The summed E-state index contributed by atoms with van der Waals surface area (Å²) < 4.78 is 11.6. The Balaban J connectivity index is 0.00000259. The summed E-state index contributed by atoms with van der Waals surface area (Å²) in [6.07, 6.45) is 8.74. The van der Waals surface area contributed by atoms with Gasteiger partial charge in [0.05, 0.1) is 7.11 Å². The molecule has 1 N–H and O–H groups in total. The maximum Gasteiger partial charge on any atom is 0.161 e. The summed E-state index contributed by atoms with van der Waals surface area (Å²) in [7, 11) is 1.68. The molecular weight excluding hydrogens is 477 g/mol. The molecule has 3 nitrogen and oxygen atoms in total. The van der Waals surface area contributed by atoms with E-state index < -0.39 is 0 Å². The molecule has 0 saturated heterocycles. The minimum atomic E-state index is 0. The quantitative estimate of drug-likeness (QED) is 0.395. The van der Waals surface area contributed by atoms with Gasteiger partial charge in [0.2, 0.25) is 0 Å². The second kappa shape index (κ2) is 10.2. The van der Waals surface area contributed by atoms with Gasteiger partial charge in [-0.15, -0.1) is 12.4 Å². The minimum absolute atomic E-state index is 0. The van der Waals surface area contributed by atoms with Gasteiger partial charge in [0.25, 0.3) is 0 Å². The Labute approximate surface area is 213 Å². The van der Waals surface area contributed by atoms with Crippen LogP contribution in [0.4, 0.5) is 0 Å². The lowest BCUT2D eigenvalue weighted by Crippen LogP contribution is -2.54. The topological polar surface area (TPSA) is 30.5 Å². The predicted octanol–water partition coefficient (Wildman–Crippen LogP) is 7.70. The highest BCUT2D eigenvalue weighted by Crippen LogP contribution is 2.61. The summed E-state index contributed by atoms with van der Waals surface area (Å²) in [6.45, 7) is 3.56. The number of nitrogens with one attached hydrogen (secondary N) is 1. The highest BCUT2D eigenvalue weighted by atomic mass is 35.5. The number of halogens is 3. The van der Waals surface area contributed by atoms with Crippen LogP contribution in [0.1, 0.15) is 56.6 Å². The first kappa shape index (κ1) is 25.0. The molecule has 1 unspecified atom stereocenters. The molecule has 1 atom stereocenters. The van der Waals surface area contributed by atoms with Crippen LogP contribution in [0.15, 0.2) is 36.4 Å². The largest absolute Gasteiger partial charge is 0.493 e. The Bertz CT molecular complexity index is 924. The Morgan fingerprint density at radius 3 is 2.15 bits per heavy atom. The molecule has 0 aromatic heterocycles. The van der Waals surface area contributed by atoms with Crippen molar-refractivity contribution >= 4 is 35.6 Å². The van der Waals surface area contributed by atoms with E-state index in [1.54, 1.807) is 7.11 Å². The molecule has 180 valence electrons. The lowest BCUT2D eigenvalue weighted by atomic mass is 9.48. The maximum absolute atomic E-state index is 6.27. The molecule has 4 aliphatic rings. The van der Waals surface area contributed by atoms with Crippen LogP contribution >= 0.6 is 35.6 Å². The molecule has 4 bridgehead atoms. The molecule has 2 aromatic carbocycles. The fraction of sp³-hybridized carbons (Fsp3) is 0.556. The highest BCUT2D eigenvalue weighted by Gasteiger charge is 2.52. The molecule has 6 rings (SSSR count). The van der Waals surface area contributed by atoms with E-state index >= 15 is 0 Å². The molecule has 4 fully saturated rings. The number of ether oxygens (including phenoxy) is 2. The van der Waals surface area contributed by atoms with Crippen LogP contribution in [-0.2, 0) is 13.2 Å². The van der Waals surface area contributed by atoms with Gasteiger partial charge in [0, 0.05) is 28.2 Å². The van der Waals surface area contributed by atoms with Crippen molar-refractivity contribution < 1.29 is 9.47 Å². The molecule has 2 aromatic rings. The van der Waals surface area contributed by atoms with Crippen LogP contribution in [0, 0.1) is 23.2 Å². The van der Waals surface area contributed by atoms with Crippen molar-refractivity contribution in [3.63, 3.8) is 0 Å². The van der Waals surface area contributed by atoms with Crippen molar-refractivity contribution in [3.05, 3.63) is 57.6 Å². The Kier molecular flexibility index (Phi) is 7.75. The first-order chi connectivity index (χ1) is 15.5. The molecule has 0 heterocycles. The maximum atomic E-state index is 6.27. The smallest absolute Gasteiger partial charge is 0.161 e. The van der Waals surface area contributed by atoms with Crippen LogP contribution in [-0.4, -0.2) is 13.2 Å². The minimum Gasteiger partial charge on any atom is -0.493 e. The van der Waals surface area contributed by atoms with Crippen molar-refractivity contribution in [1.82, 2.24) is 5.32 Å². The number of hydrogen-bond donors (Lipinski definition) is 1. The van der Waals surface area contributed by atoms with Crippen molar-refractivity contribution in [2.24, 2.45) is 23.2 Å². The number of hydrogen-bond acceptors (Lipinski definition) is 3. The van der Waals surface area contributed by atoms with Crippen molar-refractivity contribution in [1.29, 1.82) is 0 Å². The molecule has 0 amide bonds. The van der Waals surface area contributed by atoms with Crippen molar-refractivity contribution in [3.8, 4) is 11.5 Å². The summed E-state index contributed by atoms with van der Waals surface area (Å²) in [6, 6.07) is 12.2. The number of rotatable bonds is 8. The molecule has 0 aliphatic heterocycles. The van der Waals surface area contributed by atoms with E-state index in [1.807, 2.05) is 24.3 Å². The average molecular weight is 511 g/mol. The molecule has 0 radical (unpaired) electrons. The van der Waals surface area contributed by atoms with Crippen LogP contribution < -0.4 is 14.8 Å². The second-order valence-corrected chi connectivity index (χ2v) is 11.2.